The molecular formula is C22H28N2O3. The van der Waals surface area contributed by atoms with Gasteiger partial charge in [0.2, 0.25) is 5.91 Å². The van der Waals surface area contributed by atoms with Crippen molar-refractivity contribution in [2.24, 2.45) is 5.41 Å². The lowest BCUT2D eigenvalue weighted by Gasteiger charge is -2.48. The van der Waals surface area contributed by atoms with Gasteiger partial charge in [0, 0.05) is 31.5 Å². The Labute approximate surface area is 160 Å². The standard InChI is InChI=1S/C22H28N2O3/c25-15-20-8-7-19(27-20)14-23-12-4-10-22(16-23)11-9-21(26)24(17-22)13-18-5-2-1-3-6-18/h1-3,5-8,25H,4,9-17H2. The molecule has 2 aliphatic rings. The smallest absolute Gasteiger partial charge is 0.222 e. The SMILES string of the molecule is O=C1CCC2(CCCN(Cc3ccc(CO)o3)C2)CN1Cc1ccccc1. The summed E-state index contributed by atoms with van der Waals surface area (Å²) >= 11 is 0. The van der Waals surface area contributed by atoms with Crippen LogP contribution >= 0.6 is 0 Å². The monoisotopic (exact) mass is 368 g/mol. The fourth-order valence-electron chi connectivity index (χ4n) is 4.64. The first-order valence-electron chi connectivity index (χ1n) is 9.88. The van der Waals surface area contributed by atoms with E-state index in [1.54, 1.807) is 0 Å². The predicted molar refractivity (Wildman–Crippen MR) is 103 cm³/mol. The zero-order valence-electron chi connectivity index (χ0n) is 15.8. The summed E-state index contributed by atoms with van der Waals surface area (Å²) in [6.45, 7) is 4.33. The van der Waals surface area contributed by atoms with E-state index in [-0.39, 0.29) is 17.9 Å². The Bertz CT molecular complexity index is 773. The molecule has 0 bridgehead atoms. The third kappa shape index (κ3) is 4.25. The summed E-state index contributed by atoms with van der Waals surface area (Å²) in [5, 5.41) is 9.19. The van der Waals surface area contributed by atoms with Crippen LogP contribution in [0.1, 0.15) is 42.8 Å². The minimum Gasteiger partial charge on any atom is -0.462 e. The van der Waals surface area contributed by atoms with Crippen molar-refractivity contribution in [1.29, 1.82) is 0 Å². The molecule has 5 heteroatoms. The molecule has 0 saturated carbocycles. The Morgan fingerprint density at radius 3 is 2.59 bits per heavy atom. The summed E-state index contributed by atoms with van der Waals surface area (Å²) in [5.74, 6) is 1.80. The van der Waals surface area contributed by atoms with Crippen LogP contribution in [0.5, 0.6) is 0 Å². The van der Waals surface area contributed by atoms with E-state index >= 15 is 0 Å². The number of aliphatic hydroxyl groups is 1. The lowest BCUT2D eigenvalue weighted by atomic mass is 9.73. The van der Waals surface area contributed by atoms with Crippen LogP contribution in [0.25, 0.3) is 0 Å². The first-order chi connectivity index (χ1) is 13.2. The molecule has 3 heterocycles. The summed E-state index contributed by atoms with van der Waals surface area (Å²) in [6, 6.07) is 14.1. The van der Waals surface area contributed by atoms with Gasteiger partial charge < -0.3 is 14.4 Å². The van der Waals surface area contributed by atoms with Crippen molar-refractivity contribution in [3.8, 4) is 0 Å². The molecule has 4 rings (SSSR count). The molecule has 5 nitrogen and oxygen atoms in total. The van der Waals surface area contributed by atoms with Gasteiger partial charge in [-0.2, -0.15) is 0 Å². The third-order valence-electron chi connectivity index (χ3n) is 5.96. The van der Waals surface area contributed by atoms with Crippen molar-refractivity contribution in [2.75, 3.05) is 19.6 Å². The van der Waals surface area contributed by atoms with E-state index in [2.05, 4.69) is 21.9 Å². The van der Waals surface area contributed by atoms with E-state index in [0.717, 1.165) is 44.8 Å². The van der Waals surface area contributed by atoms with Crippen LogP contribution in [0, 0.1) is 5.41 Å². The summed E-state index contributed by atoms with van der Waals surface area (Å²) in [5.41, 5.74) is 1.38. The predicted octanol–water partition coefficient (Wildman–Crippen LogP) is 3.18. The number of likely N-dealkylation sites (tertiary alicyclic amines) is 2. The molecule has 27 heavy (non-hydrogen) atoms. The minimum absolute atomic E-state index is 0.0551. The van der Waals surface area contributed by atoms with Crippen LogP contribution in [-0.2, 0) is 24.5 Å². The Hall–Kier alpha value is -2.11. The summed E-state index contributed by atoms with van der Waals surface area (Å²) in [6.07, 6.45) is 3.97. The van der Waals surface area contributed by atoms with Crippen LogP contribution in [0.2, 0.25) is 0 Å². The second-order valence-corrected chi connectivity index (χ2v) is 8.08. The van der Waals surface area contributed by atoms with E-state index in [4.69, 9.17) is 4.42 Å². The fraction of sp³-hybridized carbons (Fsp3) is 0.500. The van der Waals surface area contributed by atoms with Gasteiger partial charge in [0.05, 0.1) is 6.54 Å². The van der Waals surface area contributed by atoms with Gasteiger partial charge in [-0.3, -0.25) is 9.69 Å². The average Bonchev–Trinajstić information content (AvgIpc) is 3.14. The van der Waals surface area contributed by atoms with Crippen molar-refractivity contribution in [2.45, 2.75) is 45.4 Å². The number of hydrogen-bond acceptors (Lipinski definition) is 4. The molecular weight excluding hydrogens is 340 g/mol. The molecule has 1 unspecified atom stereocenters. The van der Waals surface area contributed by atoms with Crippen LogP contribution in [0.15, 0.2) is 46.9 Å². The normalized spacial score (nSPS) is 23.9. The number of carbonyl (C=O) groups excluding carboxylic acids is 1. The number of carbonyl (C=O) groups is 1. The number of hydrogen-bond donors (Lipinski definition) is 1. The van der Waals surface area contributed by atoms with E-state index in [1.807, 2.05) is 30.3 Å². The van der Waals surface area contributed by atoms with Gasteiger partial charge >= 0.3 is 0 Å². The summed E-state index contributed by atoms with van der Waals surface area (Å²) < 4.78 is 5.67. The van der Waals surface area contributed by atoms with Crippen molar-refractivity contribution in [3.05, 3.63) is 59.5 Å². The van der Waals surface area contributed by atoms with Crippen molar-refractivity contribution in [3.63, 3.8) is 0 Å². The number of rotatable bonds is 5. The van der Waals surface area contributed by atoms with Gasteiger partial charge in [-0.05, 0) is 43.5 Å². The molecule has 144 valence electrons. The highest BCUT2D eigenvalue weighted by Crippen LogP contribution is 2.39. The molecule has 1 N–H and O–H groups in total. The van der Waals surface area contributed by atoms with Crippen LogP contribution in [0.4, 0.5) is 0 Å². The minimum atomic E-state index is -0.0551. The molecule has 0 radical (unpaired) electrons. The molecule has 1 amide bonds. The number of aliphatic hydroxyl groups excluding tert-OH is 1. The molecule has 2 saturated heterocycles. The maximum absolute atomic E-state index is 12.5. The fourth-order valence-corrected chi connectivity index (χ4v) is 4.64. The van der Waals surface area contributed by atoms with Gasteiger partial charge in [0.15, 0.2) is 0 Å². The van der Waals surface area contributed by atoms with E-state index in [0.29, 0.717) is 18.7 Å². The van der Waals surface area contributed by atoms with Gasteiger partial charge in [-0.1, -0.05) is 30.3 Å². The lowest BCUT2D eigenvalue weighted by molar-refractivity contribution is -0.140. The highest BCUT2D eigenvalue weighted by atomic mass is 16.4. The average molecular weight is 368 g/mol. The molecule has 1 atom stereocenters. The maximum atomic E-state index is 12.5. The largest absolute Gasteiger partial charge is 0.462 e. The Balaban J connectivity index is 1.42. The molecule has 2 aliphatic heterocycles. The van der Waals surface area contributed by atoms with Crippen LogP contribution < -0.4 is 0 Å². The first-order valence-corrected chi connectivity index (χ1v) is 9.88. The molecule has 1 aromatic carbocycles. The molecule has 1 aromatic heterocycles. The Morgan fingerprint density at radius 2 is 1.81 bits per heavy atom. The van der Waals surface area contributed by atoms with Crippen molar-refractivity contribution >= 4 is 5.91 Å². The zero-order valence-corrected chi connectivity index (χ0v) is 15.8. The summed E-state index contributed by atoms with van der Waals surface area (Å²) in [7, 11) is 0. The van der Waals surface area contributed by atoms with Gasteiger partial charge in [-0.15, -0.1) is 0 Å². The number of piperidine rings is 2. The topological polar surface area (TPSA) is 56.9 Å². The van der Waals surface area contributed by atoms with Crippen LogP contribution in [0.3, 0.4) is 0 Å². The number of amides is 1. The number of benzene rings is 1. The molecule has 2 aromatic rings. The summed E-state index contributed by atoms with van der Waals surface area (Å²) in [4.78, 5) is 17.0. The van der Waals surface area contributed by atoms with Crippen molar-refractivity contribution in [1.82, 2.24) is 9.80 Å². The van der Waals surface area contributed by atoms with Crippen LogP contribution in [-0.4, -0.2) is 40.4 Å². The van der Waals surface area contributed by atoms with Gasteiger partial charge in [-0.25, -0.2) is 0 Å². The maximum Gasteiger partial charge on any atom is 0.222 e. The Kier molecular flexibility index (Phi) is 5.32. The zero-order chi connectivity index (χ0) is 18.7. The van der Waals surface area contributed by atoms with E-state index < -0.39 is 0 Å². The van der Waals surface area contributed by atoms with Crippen molar-refractivity contribution < 1.29 is 14.3 Å². The molecule has 1 spiro atoms. The quantitative estimate of drug-likeness (QED) is 0.881. The lowest BCUT2D eigenvalue weighted by Crippen LogP contribution is -2.53. The second kappa shape index (κ2) is 7.87. The Morgan fingerprint density at radius 1 is 1.00 bits per heavy atom. The van der Waals surface area contributed by atoms with Gasteiger partial charge in [0.1, 0.15) is 18.1 Å². The number of nitrogens with zero attached hydrogens (tertiary/aromatic N) is 2. The third-order valence-corrected chi connectivity index (χ3v) is 5.96. The first kappa shape index (κ1) is 18.3. The molecule has 0 aliphatic carbocycles. The highest BCUT2D eigenvalue weighted by Gasteiger charge is 2.41. The molecule has 2 fully saturated rings. The number of furan rings is 1. The second-order valence-electron chi connectivity index (χ2n) is 8.08. The highest BCUT2D eigenvalue weighted by molar-refractivity contribution is 5.77. The van der Waals surface area contributed by atoms with Gasteiger partial charge in [0.25, 0.3) is 0 Å². The van der Waals surface area contributed by atoms with E-state index in [1.165, 1.54) is 12.0 Å². The van der Waals surface area contributed by atoms with E-state index in [9.17, 15) is 9.90 Å².